The van der Waals surface area contributed by atoms with Crippen LogP contribution in [0.15, 0.2) is 0 Å². The van der Waals surface area contributed by atoms with Crippen molar-refractivity contribution in [3.05, 3.63) is 0 Å². The molecular formula is C8H15N3. The molecule has 0 bridgehead atoms. The second kappa shape index (κ2) is 2.71. The zero-order chi connectivity index (χ0) is 8.48. The highest BCUT2D eigenvalue weighted by atomic mass is 15.4. The first-order valence-corrected chi connectivity index (χ1v) is 3.97. The normalized spacial score (nSPS) is 24.7. The molecule has 1 rings (SSSR count). The summed E-state index contributed by atoms with van der Waals surface area (Å²) in [5.41, 5.74) is -0.0903. The van der Waals surface area contributed by atoms with Crippen molar-refractivity contribution >= 4 is 0 Å². The van der Waals surface area contributed by atoms with Crippen molar-refractivity contribution in [1.82, 2.24) is 9.80 Å². The summed E-state index contributed by atoms with van der Waals surface area (Å²) < 4.78 is 0. The Morgan fingerprint density at radius 1 is 1.36 bits per heavy atom. The van der Waals surface area contributed by atoms with Crippen molar-refractivity contribution in [2.24, 2.45) is 0 Å². The highest BCUT2D eigenvalue weighted by Crippen LogP contribution is 2.21. The molecule has 1 aliphatic heterocycles. The number of hydrogen-bond donors (Lipinski definition) is 0. The van der Waals surface area contributed by atoms with Crippen molar-refractivity contribution in [2.75, 3.05) is 20.1 Å². The summed E-state index contributed by atoms with van der Waals surface area (Å²) in [5, 5.41) is 8.79. The Labute approximate surface area is 68.2 Å². The van der Waals surface area contributed by atoms with Gasteiger partial charge in [0.1, 0.15) is 0 Å². The summed E-state index contributed by atoms with van der Waals surface area (Å²) in [6.07, 6.45) is 3.31. The van der Waals surface area contributed by atoms with Gasteiger partial charge in [0.05, 0.1) is 5.66 Å². The van der Waals surface area contributed by atoms with Crippen LogP contribution in [0.3, 0.4) is 0 Å². The highest BCUT2D eigenvalue weighted by Gasteiger charge is 2.33. The fraction of sp³-hybridized carbons (Fsp3) is 0.875. The second-order valence-corrected chi connectivity index (χ2v) is 3.52. The number of rotatable bonds is 0. The van der Waals surface area contributed by atoms with Crippen molar-refractivity contribution in [3.8, 4) is 6.19 Å². The van der Waals surface area contributed by atoms with Gasteiger partial charge in [0.2, 0.25) is 0 Å². The van der Waals surface area contributed by atoms with Crippen LogP contribution in [0, 0.1) is 11.5 Å². The van der Waals surface area contributed by atoms with Gasteiger partial charge >= 0.3 is 0 Å². The summed E-state index contributed by atoms with van der Waals surface area (Å²) in [5.74, 6) is 0. The molecule has 3 heteroatoms. The van der Waals surface area contributed by atoms with Gasteiger partial charge in [-0.05, 0) is 27.3 Å². The Hall–Kier alpha value is -0.750. The van der Waals surface area contributed by atoms with Crippen LogP contribution in [0.1, 0.15) is 20.3 Å². The van der Waals surface area contributed by atoms with E-state index in [4.69, 9.17) is 5.26 Å². The average molecular weight is 153 g/mol. The SMILES string of the molecule is CN1CCCN(C#N)C1(C)C. The highest BCUT2D eigenvalue weighted by molar-refractivity contribution is 4.92. The molecule has 1 fully saturated rings. The lowest BCUT2D eigenvalue weighted by molar-refractivity contribution is -0.0110. The van der Waals surface area contributed by atoms with E-state index in [2.05, 4.69) is 32.0 Å². The molecule has 0 N–H and O–H groups in total. The smallest absolute Gasteiger partial charge is 0.180 e. The predicted octanol–water partition coefficient (Wildman–Crippen LogP) is 0.841. The van der Waals surface area contributed by atoms with Crippen molar-refractivity contribution in [3.63, 3.8) is 0 Å². The van der Waals surface area contributed by atoms with E-state index in [9.17, 15) is 0 Å². The predicted molar refractivity (Wildman–Crippen MR) is 43.6 cm³/mol. The molecule has 0 saturated carbocycles. The van der Waals surface area contributed by atoms with E-state index in [0.717, 1.165) is 19.5 Å². The van der Waals surface area contributed by atoms with Crippen LogP contribution in [0.5, 0.6) is 0 Å². The number of hydrogen-bond acceptors (Lipinski definition) is 3. The molecule has 3 nitrogen and oxygen atoms in total. The Kier molecular flexibility index (Phi) is 2.05. The molecule has 0 spiro atoms. The minimum Gasteiger partial charge on any atom is -0.292 e. The summed E-state index contributed by atoms with van der Waals surface area (Å²) in [7, 11) is 2.06. The van der Waals surface area contributed by atoms with Crippen LogP contribution >= 0.6 is 0 Å². The Balaban J connectivity index is 2.75. The van der Waals surface area contributed by atoms with Crippen LogP contribution in [-0.2, 0) is 0 Å². The van der Waals surface area contributed by atoms with E-state index < -0.39 is 0 Å². The summed E-state index contributed by atoms with van der Waals surface area (Å²) in [4.78, 5) is 4.04. The lowest BCUT2D eigenvalue weighted by atomic mass is 10.1. The van der Waals surface area contributed by atoms with Crippen LogP contribution < -0.4 is 0 Å². The summed E-state index contributed by atoms with van der Waals surface area (Å²) in [6, 6.07) is 0. The molecule has 0 atom stereocenters. The number of nitriles is 1. The third-order valence-electron chi connectivity index (χ3n) is 2.59. The first kappa shape index (κ1) is 8.35. The minimum atomic E-state index is -0.0903. The van der Waals surface area contributed by atoms with Crippen LogP contribution in [0.2, 0.25) is 0 Å². The maximum Gasteiger partial charge on any atom is 0.180 e. The van der Waals surface area contributed by atoms with Gasteiger partial charge in [0.25, 0.3) is 0 Å². The molecule has 1 heterocycles. The van der Waals surface area contributed by atoms with Crippen molar-refractivity contribution in [2.45, 2.75) is 25.9 Å². The topological polar surface area (TPSA) is 30.3 Å². The molecule has 0 aromatic rings. The van der Waals surface area contributed by atoms with E-state index in [0.29, 0.717) is 0 Å². The minimum absolute atomic E-state index is 0.0903. The first-order chi connectivity index (χ1) is 5.09. The van der Waals surface area contributed by atoms with E-state index in [1.165, 1.54) is 0 Å². The quantitative estimate of drug-likeness (QED) is 0.483. The van der Waals surface area contributed by atoms with Gasteiger partial charge in [-0.3, -0.25) is 9.80 Å². The molecule has 0 amide bonds. The largest absolute Gasteiger partial charge is 0.292 e. The molecule has 0 aromatic carbocycles. The van der Waals surface area contributed by atoms with Gasteiger partial charge in [0.15, 0.2) is 6.19 Å². The Morgan fingerprint density at radius 3 is 2.45 bits per heavy atom. The second-order valence-electron chi connectivity index (χ2n) is 3.52. The average Bonchev–Trinajstić information content (AvgIpc) is 1.95. The third-order valence-corrected chi connectivity index (χ3v) is 2.59. The monoisotopic (exact) mass is 153 g/mol. The molecule has 0 unspecified atom stereocenters. The van der Waals surface area contributed by atoms with Crippen molar-refractivity contribution < 1.29 is 0 Å². The molecule has 1 aliphatic rings. The molecule has 11 heavy (non-hydrogen) atoms. The molecule has 0 aliphatic carbocycles. The Morgan fingerprint density at radius 2 is 2.00 bits per heavy atom. The zero-order valence-electron chi connectivity index (χ0n) is 7.46. The molecule has 0 radical (unpaired) electrons. The van der Waals surface area contributed by atoms with E-state index >= 15 is 0 Å². The van der Waals surface area contributed by atoms with Crippen LogP contribution in [0.25, 0.3) is 0 Å². The van der Waals surface area contributed by atoms with E-state index in [-0.39, 0.29) is 5.66 Å². The maximum atomic E-state index is 8.79. The molecule has 62 valence electrons. The van der Waals surface area contributed by atoms with Gasteiger partial charge in [0, 0.05) is 13.1 Å². The van der Waals surface area contributed by atoms with Gasteiger partial charge in [-0.25, -0.2) is 0 Å². The third kappa shape index (κ3) is 1.31. The van der Waals surface area contributed by atoms with Gasteiger partial charge < -0.3 is 0 Å². The standard InChI is InChI=1S/C8H15N3/c1-8(2)10(3)5-4-6-11(8)7-9/h4-6H2,1-3H3. The van der Waals surface area contributed by atoms with E-state index in [1.54, 1.807) is 0 Å². The lowest BCUT2D eigenvalue weighted by Crippen LogP contribution is -2.57. The fourth-order valence-corrected chi connectivity index (χ4v) is 1.39. The number of nitrogens with zero attached hydrogens (tertiary/aromatic N) is 3. The molecular weight excluding hydrogens is 138 g/mol. The van der Waals surface area contributed by atoms with Gasteiger partial charge in [-0.1, -0.05) is 0 Å². The molecule has 0 aromatic heterocycles. The fourth-order valence-electron chi connectivity index (χ4n) is 1.39. The lowest BCUT2D eigenvalue weighted by Gasteiger charge is -2.45. The van der Waals surface area contributed by atoms with Crippen LogP contribution in [0.4, 0.5) is 0 Å². The van der Waals surface area contributed by atoms with E-state index in [1.807, 2.05) is 4.90 Å². The zero-order valence-corrected chi connectivity index (χ0v) is 7.46. The Bertz CT molecular complexity index is 180. The summed E-state index contributed by atoms with van der Waals surface area (Å²) in [6.45, 7) is 6.14. The molecule has 1 saturated heterocycles. The van der Waals surface area contributed by atoms with Crippen LogP contribution in [-0.4, -0.2) is 35.6 Å². The van der Waals surface area contributed by atoms with Crippen molar-refractivity contribution in [1.29, 1.82) is 5.26 Å². The summed E-state index contributed by atoms with van der Waals surface area (Å²) >= 11 is 0. The first-order valence-electron chi connectivity index (χ1n) is 3.97. The van der Waals surface area contributed by atoms with Gasteiger partial charge in [-0.15, -0.1) is 0 Å². The maximum absolute atomic E-state index is 8.79. The van der Waals surface area contributed by atoms with Gasteiger partial charge in [-0.2, -0.15) is 5.26 Å².